The Morgan fingerprint density at radius 2 is 1.28 bits per heavy atom. The number of hydrazone groups is 1. The van der Waals surface area contributed by atoms with E-state index in [1.165, 1.54) is 60.7 Å². The van der Waals surface area contributed by atoms with Crippen LogP contribution >= 0.6 is 0 Å². The molecule has 0 saturated carbocycles. The van der Waals surface area contributed by atoms with Crippen molar-refractivity contribution in [1.29, 1.82) is 0 Å². The molecule has 0 fully saturated rings. The number of carbonyl (C=O) groups is 1. The molecule has 0 atom stereocenters. The number of nitrogens with one attached hydrogen (secondary N) is 2. The number of fused-ring (bicyclic) bond motifs is 1. The molecule has 0 aromatic heterocycles. The molecule has 0 unspecified atom stereocenters. The third-order valence-corrected chi connectivity index (χ3v) is 10.4. The number of Topliss-reactive ketones (excluding diaryl/α,β-unsaturated/α-hetero) is 1. The number of ketones is 1. The summed E-state index contributed by atoms with van der Waals surface area (Å²) >= 11 is 0. The summed E-state index contributed by atoms with van der Waals surface area (Å²) in [4.78, 5) is 10.7. The van der Waals surface area contributed by atoms with E-state index < -0.39 is 79.0 Å². The maximum absolute atomic E-state index is 13.7. The summed E-state index contributed by atoms with van der Waals surface area (Å²) in [5, 5.41) is 33.5. The summed E-state index contributed by atoms with van der Waals surface area (Å²) in [6.07, 6.45) is 0.685. The van der Waals surface area contributed by atoms with Crippen LogP contribution in [0.3, 0.4) is 0 Å². The van der Waals surface area contributed by atoms with E-state index in [1.807, 2.05) is 0 Å². The molecular weight excluding hydrogens is 876 g/mol. The molecule has 60 heavy (non-hydrogen) atoms. The maximum Gasteiger partial charge on any atom is 1.00 e. The van der Waals surface area contributed by atoms with Crippen molar-refractivity contribution in [2.75, 3.05) is 22.2 Å². The van der Waals surface area contributed by atoms with E-state index in [2.05, 4.69) is 36.3 Å². The van der Waals surface area contributed by atoms with Gasteiger partial charge in [0.15, 0.2) is 5.71 Å². The molecule has 20 nitrogen and oxygen atoms in total. The van der Waals surface area contributed by atoms with E-state index in [0.717, 1.165) is 12.1 Å². The molecule has 1 aliphatic carbocycles. The Morgan fingerprint density at radius 1 is 0.667 bits per heavy atom. The van der Waals surface area contributed by atoms with Crippen molar-refractivity contribution in [3.63, 3.8) is 0 Å². The van der Waals surface area contributed by atoms with E-state index in [1.54, 1.807) is 18.2 Å². The van der Waals surface area contributed by atoms with E-state index in [4.69, 9.17) is 11.5 Å². The zero-order chi connectivity index (χ0) is 41.3. The fourth-order valence-corrected chi connectivity index (χ4v) is 7.19. The largest absolute Gasteiger partial charge is 1.00 e. The van der Waals surface area contributed by atoms with Crippen LogP contribution in [0.1, 0.15) is 15.9 Å². The second-order valence-corrected chi connectivity index (χ2v) is 15.8. The van der Waals surface area contributed by atoms with Gasteiger partial charge in [0.05, 0.1) is 49.5 Å². The molecule has 5 aromatic rings. The number of para-hydroxylation sites is 1. The van der Waals surface area contributed by atoms with E-state index in [9.17, 15) is 48.8 Å². The summed E-state index contributed by atoms with van der Waals surface area (Å²) in [5.74, 6) is -1.52. The monoisotopic (exact) mass is 899 g/mol. The van der Waals surface area contributed by atoms with Crippen molar-refractivity contribution in [1.82, 2.24) is 0 Å². The maximum atomic E-state index is 13.7. The van der Waals surface area contributed by atoms with Gasteiger partial charge in [-0.05, 0) is 84.4 Å². The first kappa shape index (κ1) is 50.5. The molecule has 0 saturated heterocycles. The minimum absolute atomic E-state index is 0. The Morgan fingerprint density at radius 3 is 1.88 bits per heavy atom. The van der Waals surface area contributed by atoms with Gasteiger partial charge in [0.1, 0.15) is 36.5 Å². The molecule has 7 N–H and O–H groups in total. The van der Waals surface area contributed by atoms with Crippen LogP contribution in [0.5, 0.6) is 5.75 Å². The van der Waals surface area contributed by atoms with Crippen molar-refractivity contribution in [2.24, 2.45) is 25.6 Å². The molecule has 5 aromatic carbocycles. The normalized spacial score (nSPS) is 13.5. The number of hydrogen-bond donors (Lipinski definition) is 5. The predicted octanol–water partition coefficient (Wildman–Crippen LogP) is -3.79. The van der Waals surface area contributed by atoms with Crippen LogP contribution in [0.4, 0.5) is 51.2 Å². The van der Waals surface area contributed by atoms with Crippen LogP contribution in [0, 0.1) is 0 Å². The standard InChI is InChI=1S/C34H27N9O11S3.3Na/c35-24-17-23(44)11-13-25(24)41-38-21-8-6-19(7-9-21)37-26-12-10-22(16-27(26)55(46,47)48)40-42-32-28(56(49,50)51)14-18-15-29(57(52,53)54)33(34(45)30(18)31(32)36)43-39-20-4-2-1-3-5-20;;;/h1-17,37,39,44H,35-36H2,(H,46,47,48)(H,49,50,51)(H,52,53,54);;;/q;3*+1/p-3/b41-38?,42-40?,43-33+;;;. The smallest absolute Gasteiger partial charge is 0.872 e. The van der Waals surface area contributed by atoms with Gasteiger partial charge in [-0.15, -0.1) is 16.0 Å². The zero-order valence-electron chi connectivity index (χ0n) is 31.5. The van der Waals surface area contributed by atoms with Crippen LogP contribution in [-0.2, 0) is 30.4 Å². The van der Waals surface area contributed by atoms with Crippen molar-refractivity contribution >= 4 is 99.1 Å². The molecule has 0 heterocycles. The first-order valence-electron chi connectivity index (χ1n) is 15.7. The Kier molecular flexibility index (Phi) is 17.1. The van der Waals surface area contributed by atoms with Crippen LogP contribution < -0.4 is 116 Å². The number of benzene rings is 5. The number of nitrogen functional groups attached to an aromatic ring is 2. The van der Waals surface area contributed by atoms with Crippen molar-refractivity contribution < 1.29 is 137 Å². The Hall–Kier alpha value is -3.89. The van der Waals surface area contributed by atoms with Gasteiger partial charge in [-0.25, -0.2) is 16.8 Å². The third-order valence-electron chi connectivity index (χ3n) is 7.83. The van der Waals surface area contributed by atoms with Crippen LogP contribution in [-0.4, -0.2) is 50.4 Å². The average Bonchev–Trinajstić information content (AvgIpc) is 3.13. The number of nitrogens with zero attached hydrogens (tertiary/aromatic N) is 5. The molecule has 0 aliphatic heterocycles. The summed E-state index contributed by atoms with van der Waals surface area (Å²) in [6, 6.07) is 21.5. The van der Waals surface area contributed by atoms with E-state index in [-0.39, 0.29) is 117 Å². The Bertz CT molecular complexity index is 2940. The Labute approximate surface area is 408 Å². The molecule has 0 spiro atoms. The second-order valence-electron chi connectivity index (χ2n) is 11.7. The molecule has 6 rings (SSSR count). The summed E-state index contributed by atoms with van der Waals surface area (Å²) in [5.41, 5.74) is 11.6. The zero-order valence-corrected chi connectivity index (χ0v) is 39.9. The number of hydrogen-bond acceptors (Lipinski definition) is 19. The third kappa shape index (κ3) is 11.9. The summed E-state index contributed by atoms with van der Waals surface area (Å²) < 4.78 is 108. The first-order chi connectivity index (χ1) is 26.8. The number of allylic oxidation sites excluding steroid dienone is 1. The average molecular weight is 900 g/mol. The number of nitrogens with two attached hydrogens (primary N) is 2. The van der Waals surface area contributed by atoms with Gasteiger partial charge in [-0.3, -0.25) is 14.8 Å². The van der Waals surface area contributed by atoms with Gasteiger partial charge in [-0.1, -0.05) is 24.3 Å². The molecule has 292 valence electrons. The quantitative estimate of drug-likeness (QED) is 0.0279. The topological polar surface area (TPSA) is 347 Å². The van der Waals surface area contributed by atoms with Gasteiger partial charge >= 0.3 is 88.7 Å². The fraction of sp³-hybridized carbons (Fsp3) is 0. The van der Waals surface area contributed by atoms with E-state index >= 15 is 0 Å². The molecule has 0 radical (unpaired) electrons. The van der Waals surface area contributed by atoms with Gasteiger partial charge in [0.25, 0.3) is 10.1 Å². The summed E-state index contributed by atoms with van der Waals surface area (Å²) in [7, 11) is -15.9. The SMILES string of the molecule is Nc1cc([O-])ccc1N=Nc1ccc(Nc2ccc(N=Nc3c(S(=O)(=O)[O-])cc4c(c3N)C(=O)/C(=N/Nc3ccccc3)C(S(=O)(=O)O)=C4)cc2S(=O)(=O)[O-])cc1.[Na+].[Na+].[Na+]. The summed E-state index contributed by atoms with van der Waals surface area (Å²) in [6.45, 7) is 0. The van der Waals surface area contributed by atoms with Crippen molar-refractivity contribution in [3.05, 3.63) is 113 Å². The number of rotatable bonds is 11. The fourth-order valence-electron chi connectivity index (χ4n) is 5.22. The first-order valence-corrected chi connectivity index (χ1v) is 20.0. The predicted molar refractivity (Wildman–Crippen MR) is 203 cm³/mol. The molecule has 0 amide bonds. The molecule has 26 heteroatoms. The van der Waals surface area contributed by atoms with Gasteiger partial charge in [-0.2, -0.15) is 23.7 Å². The van der Waals surface area contributed by atoms with Crippen LogP contribution in [0.2, 0.25) is 0 Å². The van der Waals surface area contributed by atoms with Gasteiger partial charge < -0.3 is 31.0 Å². The van der Waals surface area contributed by atoms with Crippen molar-refractivity contribution in [2.45, 2.75) is 9.79 Å². The number of anilines is 5. The van der Waals surface area contributed by atoms with Gasteiger partial charge in [0.2, 0.25) is 5.78 Å². The van der Waals surface area contributed by atoms with Gasteiger partial charge in [0, 0.05) is 5.69 Å². The van der Waals surface area contributed by atoms with Crippen LogP contribution in [0.15, 0.2) is 137 Å². The Balaban J connectivity index is 0.00000320. The molecule has 0 bridgehead atoms. The van der Waals surface area contributed by atoms with Crippen LogP contribution in [0.25, 0.3) is 6.08 Å². The number of carbonyl (C=O) groups excluding carboxylic acids is 1. The number of azo groups is 2. The minimum atomic E-state index is -5.49. The second kappa shape index (κ2) is 20.3. The molecular formula is C34H24N9Na3O11S3. The molecule has 1 aliphatic rings. The van der Waals surface area contributed by atoms with Crippen molar-refractivity contribution in [3.8, 4) is 5.75 Å². The minimum Gasteiger partial charge on any atom is -0.872 e. The van der Waals surface area contributed by atoms with E-state index in [0.29, 0.717) is 29.2 Å².